The van der Waals surface area contributed by atoms with E-state index >= 15 is 0 Å². The third kappa shape index (κ3) is 2.12. The average molecular weight is 295 g/mol. The van der Waals surface area contributed by atoms with Crippen molar-refractivity contribution >= 4 is 12.2 Å². The molecule has 19 heavy (non-hydrogen) atoms. The van der Waals surface area contributed by atoms with Crippen LogP contribution in [0, 0.1) is 39.5 Å². The predicted octanol–water partition coefficient (Wildman–Crippen LogP) is 4.25. The van der Waals surface area contributed by atoms with Crippen molar-refractivity contribution in [2.75, 3.05) is 0 Å². The first-order chi connectivity index (χ1) is 8.84. The Bertz CT molecular complexity index is 695. The van der Waals surface area contributed by atoms with Crippen LogP contribution in [0.3, 0.4) is 0 Å². The molecule has 0 unspecified atom stereocenters. The molecule has 0 saturated carbocycles. The highest BCUT2D eigenvalue weighted by Crippen LogP contribution is 2.31. The Kier molecular flexibility index (Phi) is 3.36. The maximum atomic E-state index is 13.5. The molecular weight excluding hydrogens is 292 g/mol. The van der Waals surface area contributed by atoms with Gasteiger partial charge < -0.3 is 4.98 Å². The number of halogens is 6. The van der Waals surface area contributed by atoms with Gasteiger partial charge in [0.15, 0.2) is 23.3 Å². The largest absolute Gasteiger partial charge is 0.350 e. The molecule has 0 aliphatic carbocycles. The number of hydrogen-bond donors (Lipinski definition) is 1. The molecule has 2 rings (SSSR count). The van der Waals surface area contributed by atoms with Crippen molar-refractivity contribution in [1.82, 2.24) is 4.98 Å². The summed E-state index contributed by atoms with van der Waals surface area (Å²) in [6, 6.07) is 0.580. The quantitative estimate of drug-likeness (QED) is 0.360. The van der Waals surface area contributed by atoms with Crippen LogP contribution in [-0.2, 0) is 0 Å². The standard InChI is InChI=1S/C11H3F6NS/c12-3-1-4(11(19)18-2-3)5-6(13)8(15)10(17)9(16)7(5)14/h1-2H,(H,18,19). The van der Waals surface area contributed by atoms with Crippen molar-refractivity contribution in [3.63, 3.8) is 0 Å². The Morgan fingerprint density at radius 2 is 1.26 bits per heavy atom. The molecule has 0 bridgehead atoms. The number of aromatic nitrogens is 1. The second-order valence-electron chi connectivity index (χ2n) is 3.51. The summed E-state index contributed by atoms with van der Waals surface area (Å²) >= 11 is 4.64. The van der Waals surface area contributed by atoms with Crippen LogP contribution in [0.1, 0.15) is 0 Å². The lowest BCUT2D eigenvalue weighted by Gasteiger charge is -2.08. The second-order valence-corrected chi connectivity index (χ2v) is 3.91. The zero-order valence-electron chi connectivity index (χ0n) is 8.83. The lowest BCUT2D eigenvalue weighted by molar-refractivity contribution is 0.381. The molecule has 0 aliphatic heterocycles. The van der Waals surface area contributed by atoms with Crippen LogP contribution in [0.4, 0.5) is 26.3 Å². The van der Waals surface area contributed by atoms with Gasteiger partial charge in [-0.25, -0.2) is 26.3 Å². The van der Waals surface area contributed by atoms with Gasteiger partial charge in [-0.2, -0.15) is 0 Å². The van der Waals surface area contributed by atoms with Crippen LogP contribution in [0.5, 0.6) is 0 Å². The van der Waals surface area contributed by atoms with Crippen LogP contribution in [-0.4, -0.2) is 4.98 Å². The van der Waals surface area contributed by atoms with Crippen molar-refractivity contribution in [1.29, 1.82) is 0 Å². The molecule has 0 aliphatic rings. The fourth-order valence-corrected chi connectivity index (χ4v) is 1.70. The van der Waals surface area contributed by atoms with E-state index in [2.05, 4.69) is 17.2 Å². The summed E-state index contributed by atoms with van der Waals surface area (Å²) in [4.78, 5) is 2.14. The van der Waals surface area contributed by atoms with Gasteiger partial charge in [0.05, 0.1) is 5.56 Å². The first-order valence-electron chi connectivity index (χ1n) is 4.74. The van der Waals surface area contributed by atoms with Crippen molar-refractivity contribution in [3.8, 4) is 11.1 Å². The number of pyridine rings is 1. The Labute approximate surface area is 107 Å². The summed E-state index contributed by atoms with van der Waals surface area (Å²) in [6.07, 6.45) is 0.790. The Hall–Kier alpha value is -1.83. The van der Waals surface area contributed by atoms with E-state index < -0.39 is 46.0 Å². The summed E-state index contributed by atoms with van der Waals surface area (Å²) < 4.78 is 78.5. The molecule has 8 heteroatoms. The summed E-state index contributed by atoms with van der Waals surface area (Å²) in [7, 11) is 0. The number of rotatable bonds is 1. The average Bonchev–Trinajstić information content (AvgIpc) is 2.38. The zero-order chi connectivity index (χ0) is 14.3. The zero-order valence-corrected chi connectivity index (χ0v) is 9.65. The van der Waals surface area contributed by atoms with Crippen molar-refractivity contribution in [2.24, 2.45) is 0 Å². The van der Waals surface area contributed by atoms with Crippen LogP contribution >= 0.6 is 12.2 Å². The molecule has 1 N–H and O–H groups in total. The molecule has 0 spiro atoms. The fraction of sp³-hybridized carbons (Fsp3) is 0. The molecule has 0 amide bonds. The molecule has 0 radical (unpaired) electrons. The molecule has 1 heterocycles. The number of aromatic amines is 1. The Balaban J connectivity index is 2.91. The van der Waals surface area contributed by atoms with Gasteiger partial charge in [0.25, 0.3) is 0 Å². The summed E-state index contributed by atoms with van der Waals surface area (Å²) in [5.74, 6) is -11.6. The van der Waals surface area contributed by atoms with E-state index in [0.717, 1.165) is 6.20 Å². The maximum Gasteiger partial charge on any atom is 0.200 e. The van der Waals surface area contributed by atoms with Gasteiger partial charge in [0.2, 0.25) is 5.82 Å². The molecular formula is C11H3F6NS. The van der Waals surface area contributed by atoms with Gasteiger partial charge in [-0.15, -0.1) is 0 Å². The molecule has 0 fully saturated rings. The van der Waals surface area contributed by atoms with E-state index in [4.69, 9.17) is 0 Å². The smallest absolute Gasteiger partial charge is 0.200 e. The van der Waals surface area contributed by atoms with Gasteiger partial charge in [0.1, 0.15) is 10.5 Å². The number of benzene rings is 1. The SMILES string of the molecule is Fc1c[nH]c(=S)c(-c2c(F)c(F)c(F)c(F)c2F)c1. The maximum absolute atomic E-state index is 13.5. The minimum absolute atomic E-state index is 0.357. The molecule has 1 nitrogen and oxygen atoms in total. The minimum Gasteiger partial charge on any atom is -0.350 e. The third-order valence-electron chi connectivity index (χ3n) is 2.35. The Morgan fingerprint density at radius 3 is 1.79 bits per heavy atom. The van der Waals surface area contributed by atoms with E-state index in [0.29, 0.717) is 6.07 Å². The molecule has 1 aromatic heterocycles. The van der Waals surface area contributed by atoms with Gasteiger partial charge in [-0.1, -0.05) is 12.2 Å². The van der Waals surface area contributed by atoms with Crippen molar-refractivity contribution in [2.45, 2.75) is 0 Å². The molecule has 2 aromatic rings. The Morgan fingerprint density at radius 1 is 0.789 bits per heavy atom. The molecule has 100 valence electrons. The van der Waals surface area contributed by atoms with Crippen molar-refractivity contribution in [3.05, 3.63) is 51.8 Å². The first-order valence-corrected chi connectivity index (χ1v) is 5.15. The minimum atomic E-state index is -2.29. The fourth-order valence-electron chi connectivity index (χ4n) is 1.48. The topological polar surface area (TPSA) is 15.8 Å². The summed E-state index contributed by atoms with van der Waals surface area (Å²) in [6.45, 7) is 0. The number of nitrogens with one attached hydrogen (secondary N) is 1. The normalized spacial score (nSPS) is 10.8. The number of H-pyrrole nitrogens is 1. The molecule has 0 saturated heterocycles. The number of hydrogen-bond acceptors (Lipinski definition) is 1. The van der Waals surface area contributed by atoms with Gasteiger partial charge in [-0.3, -0.25) is 0 Å². The van der Waals surface area contributed by atoms with Crippen LogP contribution in [0.25, 0.3) is 11.1 Å². The monoisotopic (exact) mass is 295 g/mol. The van der Waals surface area contributed by atoms with E-state index in [-0.39, 0.29) is 4.64 Å². The molecule has 1 aromatic carbocycles. The van der Waals surface area contributed by atoms with Gasteiger partial charge >= 0.3 is 0 Å². The van der Waals surface area contributed by atoms with Crippen LogP contribution in [0.2, 0.25) is 0 Å². The third-order valence-corrected chi connectivity index (χ3v) is 2.68. The van der Waals surface area contributed by atoms with E-state index in [1.807, 2.05) is 0 Å². The highest BCUT2D eigenvalue weighted by Gasteiger charge is 2.27. The van der Waals surface area contributed by atoms with Crippen LogP contribution in [0.15, 0.2) is 12.3 Å². The molecule has 0 atom stereocenters. The summed E-state index contributed by atoms with van der Waals surface area (Å²) in [5.41, 5.74) is -1.89. The van der Waals surface area contributed by atoms with Crippen LogP contribution < -0.4 is 0 Å². The highest BCUT2D eigenvalue weighted by molar-refractivity contribution is 7.71. The second kappa shape index (κ2) is 4.69. The predicted molar refractivity (Wildman–Crippen MR) is 56.8 cm³/mol. The lowest BCUT2D eigenvalue weighted by Crippen LogP contribution is -2.04. The van der Waals surface area contributed by atoms with Gasteiger partial charge in [0, 0.05) is 11.8 Å². The summed E-state index contributed by atoms with van der Waals surface area (Å²) in [5, 5.41) is 0. The first kappa shape index (κ1) is 13.6. The highest BCUT2D eigenvalue weighted by atomic mass is 32.1. The van der Waals surface area contributed by atoms with Gasteiger partial charge in [-0.05, 0) is 6.07 Å². The lowest BCUT2D eigenvalue weighted by atomic mass is 10.1. The van der Waals surface area contributed by atoms with E-state index in [9.17, 15) is 26.3 Å². The van der Waals surface area contributed by atoms with E-state index in [1.54, 1.807) is 0 Å². The van der Waals surface area contributed by atoms with E-state index in [1.165, 1.54) is 0 Å². The van der Waals surface area contributed by atoms with Crippen molar-refractivity contribution < 1.29 is 26.3 Å².